The summed E-state index contributed by atoms with van der Waals surface area (Å²) in [6.45, 7) is 0. The number of nitrogens with zero attached hydrogens (tertiary/aromatic N) is 4. The Labute approximate surface area is 243 Å². The number of para-hydroxylation sites is 2. The second-order valence-corrected chi connectivity index (χ2v) is 10.3. The van der Waals surface area contributed by atoms with E-state index in [1.165, 1.54) is 27.1 Å². The van der Waals surface area contributed by atoms with Crippen LogP contribution in [0.1, 0.15) is 0 Å². The van der Waals surface area contributed by atoms with Crippen LogP contribution in [0.3, 0.4) is 0 Å². The van der Waals surface area contributed by atoms with E-state index in [0.29, 0.717) is 0 Å². The Bertz CT molecular complexity index is 2170. The first-order chi connectivity index (χ1) is 20.8. The van der Waals surface area contributed by atoms with Crippen LogP contribution >= 0.6 is 0 Å². The summed E-state index contributed by atoms with van der Waals surface area (Å²) in [6.07, 6.45) is 5.36. The molecule has 42 heavy (non-hydrogen) atoms. The molecule has 0 spiro atoms. The average molecular weight is 537 g/mol. The fourth-order valence-electron chi connectivity index (χ4n) is 5.97. The number of hydrogen-bond donors (Lipinski definition) is 0. The minimum absolute atomic E-state index is 0.876. The molecule has 0 amide bonds. The molecule has 2 heterocycles. The summed E-state index contributed by atoms with van der Waals surface area (Å²) < 4.78 is 0. The normalized spacial score (nSPS) is 11.3. The summed E-state index contributed by atoms with van der Waals surface area (Å²) in [6, 6.07) is 44.3. The molecule has 0 bridgehead atoms. The van der Waals surface area contributed by atoms with Crippen LogP contribution in [-0.4, -0.2) is 19.9 Å². The molecule has 0 atom stereocenters. The molecule has 0 unspecified atom stereocenters. The molecule has 0 aliphatic carbocycles. The van der Waals surface area contributed by atoms with Gasteiger partial charge in [0.15, 0.2) is 0 Å². The Hall–Kier alpha value is -5.74. The van der Waals surface area contributed by atoms with Gasteiger partial charge in [-0.1, -0.05) is 115 Å². The van der Waals surface area contributed by atoms with E-state index in [1.807, 2.05) is 54.9 Å². The van der Waals surface area contributed by atoms with Gasteiger partial charge in [-0.2, -0.15) is 0 Å². The van der Waals surface area contributed by atoms with Gasteiger partial charge in [-0.25, -0.2) is 19.9 Å². The molecule has 0 aliphatic rings. The van der Waals surface area contributed by atoms with Crippen molar-refractivity contribution in [1.82, 2.24) is 19.9 Å². The van der Waals surface area contributed by atoms with E-state index in [1.54, 1.807) is 6.33 Å². The molecular formula is C38H24N4. The maximum absolute atomic E-state index is 5.09. The van der Waals surface area contributed by atoms with Crippen molar-refractivity contribution < 1.29 is 0 Å². The maximum atomic E-state index is 5.09. The summed E-state index contributed by atoms with van der Waals surface area (Å²) in [4.78, 5) is 18.8. The van der Waals surface area contributed by atoms with Gasteiger partial charge in [0, 0.05) is 34.6 Å². The second kappa shape index (κ2) is 10.0. The fourth-order valence-corrected chi connectivity index (χ4v) is 5.97. The fraction of sp³-hybridized carbons (Fsp3) is 0. The van der Waals surface area contributed by atoms with Crippen LogP contribution in [0.15, 0.2) is 146 Å². The quantitative estimate of drug-likeness (QED) is 0.210. The topological polar surface area (TPSA) is 51.6 Å². The zero-order valence-corrected chi connectivity index (χ0v) is 22.6. The summed E-state index contributed by atoms with van der Waals surface area (Å²) in [5.41, 5.74) is 10.1. The SMILES string of the molecule is c1ccc(-c2nc3ccccc3nc2-c2ccc(-c3c4ccccc4c(-c4cncnc4)c4ccccc34)cc2)cc1. The molecule has 0 fully saturated rings. The highest BCUT2D eigenvalue weighted by Gasteiger charge is 2.18. The molecule has 4 nitrogen and oxygen atoms in total. The molecule has 0 aliphatic heterocycles. The second-order valence-electron chi connectivity index (χ2n) is 10.3. The smallest absolute Gasteiger partial charge is 0.115 e. The van der Waals surface area contributed by atoms with Crippen LogP contribution < -0.4 is 0 Å². The van der Waals surface area contributed by atoms with E-state index < -0.39 is 0 Å². The number of benzene rings is 6. The highest BCUT2D eigenvalue weighted by atomic mass is 14.8. The molecule has 4 heteroatoms. The molecule has 8 aromatic rings. The zero-order chi connectivity index (χ0) is 27.9. The number of aromatic nitrogens is 4. The van der Waals surface area contributed by atoms with E-state index in [2.05, 4.69) is 94.9 Å². The van der Waals surface area contributed by atoms with Gasteiger partial charge in [0.05, 0.1) is 22.4 Å². The first kappa shape index (κ1) is 24.1. The van der Waals surface area contributed by atoms with Gasteiger partial charge >= 0.3 is 0 Å². The third-order valence-electron chi connectivity index (χ3n) is 7.85. The van der Waals surface area contributed by atoms with E-state index >= 15 is 0 Å². The standard InChI is InChI=1S/C38H24N4/c1-2-10-26(11-3-1)37-38(42-34-17-9-8-16-33(34)41-37)27-20-18-25(19-21-27)35-29-12-4-6-14-31(29)36(28-22-39-24-40-23-28)32-15-7-5-13-30(32)35/h1-24H. The summed E-state index contributed by atoms with van der Waals surface area (Å²) in [5, 5.41) is 4.74. The number of fused-ring (bicyclic) bond motifs is 3. The molecule has 0 N–H and O–H groups in total. The predicted molar refractivity (Wildman–Crippen MR) is 172 cm³/mol. The molecule has 0 radical (unpaired) electrons. The number of hydrogen-bond acceptors (Lipinski definition) is 4. The Balaban J connectivity index is 1.34. The van der Waals surface area contributed by atoms with Crippen LogP contribution in [-0.2, 0) is 0 Å². The minimum Gasteiger partial charge on any atom is -0.244 e. The first-order valence-electron chi connectivity index (χ1n) is 14.0. The van der Waals surface area contributed by atoms with E-state index in [4.69, 9.17) is 9.97 Å². The highest BCUT2D eigenvalue weighted by molar-refractivity contribution is 6.21. The largest absolute Gasteiger partial charge is 0.244 e. The van der Waals surface area contributed by atoms with E-state index in [9.17, 15) is 0 Å². The molecule has 2 aromatic heterocycles. The van der Waals surface area contributed by atoms with Crippen LogP contribution in [0.25, 0.3) is 77.3 Å². The van der Waals surface area contributed by atoms with Gasteiger partial charge in [-0.15, -0.1) is 0 Å². The Morgan fingerprint density at radius 2 is 0.738 bits per heavy atom. The van der Waals surface area contributed by atoms with Crippen molar-refractivity contribution in [3.8, 4) is 44.8 Å². The molecule has 0 saturated heterocycles. The molecule has 196 valence electrons. The minimum atomic E-state index is 0.876. The van der Waals surface area contributed by atoms with Crippen molar-refractivity contribution >= 4 is 32.6 Å². The molecule has 8 rings (SSSR count). The lowest BCUT2D eigenvalue weighted by Crippen LogP contribution is -1.95. The maximum Gasteiger partial charge on any atom is 0.115 e. The van der Waals surface area contributed by atoms with Gasteiger partial charge in [-0.3, -0.25) is 0 Å². The van der Waals surface area contributed by atoms with Gasteiger partial charge in [0.1, 0.15) is 6.33 Å². The predicted octanol–water partition coefficient (Wildman–Crippen LogP) is 9.39. The first-order valence-corrected chi connectivity index (χ1v) is 14.0. The van der Waals surface area contributed by atoms with Crippen molar-refractivity contribution in [3.63, 3.8) is 0 Å². The van der Waals surface area contributed by atoms with Crippen LogP contribution in [0.4, 0.5) is 0 Å². The third-order valence-corrected chi connectivity index (χ3v) is 7.85. The lowest BCUT2D eigenvalue weighted by molar-refractivity contribution is 1.17. The van der Waals surface area contributed by atoms with Crippen molar-refractivity contribution in [2.45, 2.75) is 0 Å². The van der Waals surface area contributed by atoms with Crippen LogP contribution in [0.5, 0.6) is 0 Å². The number of rotatable bonds is 4. The average Bonchev–Trinajstić information content (AvgIpc) is 3.07. The van der Waals surface area contributed by atoms with Crippen molar-refractivity contribution in [3.05, 3.63) is 146 Å². The van der Waals surface area contributed by atoms with Crippen LogP contribution in [0, 0.1) is 0 Å². The Morgan fingerprint density at radius 3 is 1.26 bits per heavy atom. The lowest BCUT2D eigenvalue weighted by Gasteiger charge is -2.17. The summed E-state index contributed by atoms with van der Waals surface area (Å²) in [7, 11) is 0. The zero-order valence-electron chi connectivity index (χ0n) is 22.6. The van der Waals surface area contributed by atoms with Gasteiger partial charge in [0.25, 0.3) is 0 Å². The van der Waals surface area contributed by atoms with Crippen LogP contribution in [0.2, 0.25) is 0 Å². The van der Waals surface area contributed by atoms with Crippen molar-refractivity contribution in [2.75, 3.05) is 0 Å². The summed E-state index contributed by atoms with van der Waals surface area (Å²) in [5.74, 6) is 0. The molecule has 6 aromatic carbocycles. The summed E-state index contributed by atoms with van der Waals surface area (Å²) >= 11 is 0. The Morgan fingerprint density at radius 1 is 0.333 bits per heavy atom. The Kier molecular flexibility index (Phi) is 5.75. The molecule has 0 saturated carbocycles. The van der Waals surface area contributed by atoms with Gasteiger partial charge in [-0.05, 0) is 44.8 Å². The lowest BCUT2D eigenvalue weighted by atomic mass is 9.86. The van der Waals surface area contributed by atoms with Crippen molar-refractivity contribution in [1.29, 1.82) is 0 Å². The third kappa shape index (κ3) is 4.01. The molecular weight excluding hydrogens is 512 g/mol. The van der Waals surface area contributed by atoms with Crippen molar-refractivity contribution in [2.24, 2.45) is 0 Å². The highest BCUT2D eigenvalue weighted by Crippen LogP contribution is 2.43. The van der Waals surface area contributed by atoms with Gasteiger partial charge < -0.3 is 0 Å². The monoisotopic (exact) mass is 536 g/mol. The van der Waals surface area contributed by atoms with E-state index in [-0.39, 0.29) is 0 Å². The van der Waals surface area contributed by atoms with E-state index in [0.717, 1.165) is 50.2 Å². The van der Waals surface area contributed by atoms with Gasteiger partial charge in [0.2, 0.25) is 0 Å².